The van der Waals surface area contributed by atoms with Gasteiger partial charge in [0.25, 0.3) is 0 Å². The molecule has 0 aliphatic heterocycles. The third kappa shape index (κ3) is 63.3. The van der Waals surface area contributed by atoms with E-state index in [0.717, 1.165) is 89.9 Å². The molecule has 0 radical (unpaired) electrons. The second kappa shape index (κ2) is 65.1. The summed E-state index contributed by atoms with van der Waals surface area (Å²) in [7, 11) is 0. The van der Waals surface area contributed by atoms with E-state index in [0.29, 0.717) is 19.3 Å². The number of hydrogen-bond donors (Lipinski definition) is 0. The van der Waals surface area contributed by atoms with Gasteiger partial charge in [-0.2, -0.15) is 0 Å². The Hall–Kier alpha value is -3.41. The van der Waals surface area contributed by atoms with Crippen LogP contribution in [0.1, 0.15) is 329 Å². The standard InChI is InChI=1S/C71H124O6/c1-4-7-10-13-16-19-22-25-27-28-29-30-31-32-33-34-35-36-37-38-39-40-41-42-44-46-49-52-55-58-61-64-70(73)76-67-68(66-75-69(72)63-60-57-54-51-48-45-24-21-18-15-12-9-6-3)77-71(74)65-62-59-56-53-50-47-43-26-23-20-17-14-11-8-5-2/h8,11,17,20,22,25-26,28-29,31-32,43,50,53,68H,4-7,9-10,12-16,18-19,21,23-24,27,30,33-42,44-49,51-52,54-67H2,1-3H3/b11-8-,20-17-,25-22-,29-28-,32-31-,43-26-,53-50-. The van der Waals surface area contributed by atoms with Crippen LogP contribution in [0.25, 0.3) is 0 Å². The van der Waals surface area contributed by atoms with Crippen LogP contribution in [0.2, 0.25) is 0 Å². The fourth-order valence-corrected chi connectivity index (χ4v) is 9.44. The zero-order valence-corrected chi connectivity index (χ0v) is 51.0. The Balaban J connectivity index is 4.20. The van der Waals surface area contributed by atoms with Crippen LogP contribution in [-0.2, 0) is 28.6 Å². The topological polar surface area (TPSA) is 78.9 Å². The summed E-state index contributed by atoms with van der Waals surface area (Å²) in [5.41, 5.74) is 0. The molecule has 0 aromatic heterocycles. The van der Waals surface area contributed by atoms with E-state index in [1.807, 2.05) is 0 Å². The number of carbonyl (C=O) groups excluding carboxylic acids is 3. The summed E-state index contributed by atoms with van der Waals surface area (Å²) < 4.78 is 16.9. The highest BCUT2D eigenvalue weighted by atomic mass is 16.6. The van der Waals surface area contributed by atoms with E-state index < -0.39 is 6.10 Å². The van der Waals surface area contributed by atoms with Crippen molar-refractivity contribution < 1.29 is 28.6 Å². The molecule has 1 atom stereocenters. The monoisotopic (exact) mass is 1070 g/mol. The van der Waals surface area contributed by atoms with Gasteiger partial charge in [-0.1, -0.05) is 298 Å². The molecule has 0 amide bonds. The van der Waals surface area contributed by atoms with Crippen LogP contribution in [0, 0.1) is 0 Å². The quantitative estimate of drug-likeness (QED) is 0.0261. The molecule has 0 rings (SSSR count). The predicted octanol–water partition coefficient (Wildman–Crippen LogP) is 22.7. The maximum absolute atomic E-state index is 12.9. The van der Waals surface area contributed by atoms with Crippen LogP contribution in [0.15, 0.2) is 85.1 Å². The summed E-state index contributed by atoms with van der Waals surface area (Å²) in [6, 6.07) is 0. The Morgan fingerprint density at radius 3 is 0.818 bits per heavy atom. The molecule has 6 nitrogen and oxygen atoms in total. The fourth-order valence-electron chi connectivity index (χ4n) is 9.44. The molecule has 0 aliphatic carbocycles. The van der Waals surface area contributed by atoms with E-state index in [2.05, 4.69) is 106 Å². The Morgan fingerprint density at radius 2 is 0.506 bits per heavy atom. The van der Waals surface area contributed by atoms with Crippen LogP contribution in [0.5, 0.6) is 0 Å². The lowest BCUT2D eigenvalue weighted by Crippen LogP contribution is -2.30. The molecule has 0 heterocycles. The lowest BCUT2D eigenvalue weighted by molar-refractivity contribution is -0.167. The van der Waals surface area contributed by atoms with Gasteiger partial charge in [-0.25, -0.2) is 0 Å². The fraction of sp³-hybridized carbons (Fsp3) is 0.761. The van der Waals surface area contributed by atoms with E-state index in [4.69, 9.17) is 14.2 Å². The molecule has 0 bridgehead atoms. The summed E-state index contributed by atoms with van der Waals surface area (Å²) >= 11 is 0. The first-order chi connectivity index (χ1) is 38.0. The maximum atomic E-state index is 12.9. The van der Waals surface area contributed by atoms with Gasteiger partial charge in [-0.15, -0.1) is 0 Å². The Bertz CT molecular complexity index is 1470. The third-order valence-corrected chi connectivity index (χ3v) is 14.4. The molecule has 1 unspecified atom stereocenters. The molecule has 0 N–H and O–H groups in total. The van der Waals surface area contributed by atoms with Crippen molar-refractivity contribution in [2.75, 3.05) is 13.2 Å². The lowest BCUT2D eigenvalue weighted by atomic mass is 10.0. The minimum absolute atomic E-state index is 0.0895. The lowest BCUT2D eigenvalue weighted by Gasteiger charge is -2.18. The van der Waals surface area contributed by atoms with Gasteiger partial charge in [0.15, 0.2) is 6.10 Å². The van der Waals surface area contributed by atoms with Gasteiger partial charge in [-0.3, -0.25) is 14.4 Å². The van der Waals surface area contributed by atoms with Crippen molar-refractivity contribution in [3.8, 4) is 0 Å². The van der Waals surface area contributed by atoms with Crippen molar-refractivity contribution in [1.82, 2.24) is 0 Å². The Kier molecular flexibility index (Phi) is 62.2. The Morgan fingerprint density at radius 1 is 0.273 bits per heavy atom. The van der Waals surface area contributed by atoms with E-state index in [1.165, 1.54) is 193 Å². The van der Waals surface area contributed by atoms with Gasteiger partial charge >= 0.3 is 17.9 Å². The predicted molar refractivity (Wildman–Crippen MR) is 334 cm³/mol. The molecule has 444 valence electrons. The first kappa shape index (κ1) is 73.6. The molecule has 0 aliphatic rings. The molecular formula is C71H124O6. The van der Waals surface area contributed by atoms with Gasteiger partial charge in [0.05, 0.1) is 0 Å². The Labute approximate surface area is 477 Å². The van der Waals surface area contributed by atoms with E-state index in [1.54, 1.807) is 0 Å². The molecule has 0 saturated heterocycles. The number of hydrogen-bond acceptors (Lipinski definition) is 6. The van der Waals surface area contributed by atoms with E-state index >= 15 is 0 Å². The average Bonchev–Trinajstić information content (AvgIpc) is 3.43. The van der Waals surface area contributed by atoms with Gasteiger partial charge in [0, 0.05) is 19.3 Å². The zero-order chi connectivity index (χ0) is 55.7. The molecule has 0 saturated carbocycles. The van der Waals surface area contributed by atoms with Crippen LogP contribution in [0.4, 0.5) is 0 Å². The number of rotatable bonds is 60. The van der Waals surface area contributed by atoms with Crippen molar-refractivity contribution in [3.63, 3.8) is 0 Å². The molecule has 77 heavy (non-hydrogen) atoms. The summed E-state index contributed by atoms with van der Waals surface area (Å²) in [5.74, 6) is -0.918. The van der Waals surface area contributed by atoms with Crippen molar-refractivity contribution in [2.45, 2.75) is 335 Å². The van der Waals surface area contributed by atoms with Crippen molar-refractivity contribution >= 4 is 17.9 Å². The van der Waals surface area contributed by atoms with E-state index in [-0.39, 0.29) is 37.5 Å². The van der Waals surface area contributed by atoms with Crippen molar-refractivity contribution in [1.29, 1.82) is 0 Å². The number of unbranched alkanes of at least 4 members (excludes halogenated alkanes) is 35. The van der Waals surface area contributed by atoms with Crippen molar-refractivity contribution in [3.05, 3.63) is 85.1 Å². The number of ether oxygens (including phenoxy) is 3. The second-order valence-electron chi connectivity index (χ2n) is 22.0. The zero-order valence-electron chi connectivity index (χ0n) is 51.0. The van der Waals surface area contributed by atoms with Crippen molar-refractivity contribution in [2.24, 2.45) is 0 Å². The van der Waals surface area contributed by atoms with E-state index in [9.17, 15) is 14.4 Å². The second-order valence-corrected chi connectivity index (χ2v) is 22.0. The van der Waals surface area contributed by atoms with Gasteiger partial charge < -0.3 is 14.2 Å². The van der Waals surface area contributed by atoms with Crippen LogP contribution in [0.3, 0.4) is 0 Å². The summed E-state index contributed by atoms with van der Waals surface area (Å²) in [5, 5.41) is 0. The highest BCUT2D eigenvalue weighted by Crippen LogP contribution is 2.17. The molecule has 0 aromatic carbocycles. The first-order valence-corrected chi connectivity index (χ1v) is 33.1. The smallest absolute Gasteiger partial charge is 0.306 e. The van der Waals surface area contributed by atoms with Gasteiger partial charge in [0.2, 0.25) is 0 Å². The maximum Gasteiger partial charge on any atom is 0.306 e. The largest absolute Gasteiger partial charge is 0.462 e. The summed E-state index contributed by atoms with van der Waals surface area (Å²) in [6.07, 6.45) is 86.1. The average molecular weight is 1070 g/mol. The summed E-state index contributed by atoms with van der Waals surface area (Å²) in [4.78, 5) is 38.2. The molecule has 0 aromatic rings. The summed E-state index contributed by atoms with van der Waals surface area (Å²) in [6.45, 7) is 6.51. The molecule has 0 spiro atoms. The van der Waals surface area contributed by atoms with Crippen LogP contribution >= 0.6 is 0 Å². The SMILES string of the molecule is CC/C=C\C/C=C\C/C=C\C/C=C\CCCCC(=O)OC(COC(=O)CCCCCCCCCCCCCCC)COC(=O)CCCCCCCCCCCCCCCCCC/C=C\C/C=C\C/C=C\CCCCCCC. The molecule has 6 heteroatoms. The van der Waals surface area contributed by atoms with Gasteiger partial charge in [0.1, 0.15) is 13.2 Å². The van der Waals surface area contributed by atoms with Gasteiger partial charge in [-0.05, 0) is 96.3 Å². The highest BCUT2D eigenvalue weighted by Gasteiger charge is 2.19. The highest BCUT2D eigenvalue weighted by molar-refractivity contribution is 5.71. The first-order valence-electron chi connectivity index (χ1n) is 33.1. The number of carbonyl (C=O) groups is 3. The minimum atomic E-state index is -0.796. The third-order valence-electron chi connectivity index (χ3n) is 14.4. The molecule has 0 fully saturated rings. The number of esters is 3. The molecular weight excluding hydrogens is 949 g/mol. The minimum Gasteiger partial charge on any atom is -0.462 e. The van der Waals surface area contributed by atoms with Crippen LogP contribution < -0.4 is 0 Å². The normalized spacial score (nSPS) is 12.6. The van der Waals surface area contributed by atoms with Crippen LogP contribution in [-0.4, -0.2) is 37.2 Å². The number of allylic oxidation sites excluding steroid dienone is 14.